The molecule has 1 heterocycles. The molecule has 30 heavy (non-hydrogen) atoms. The van der Waals surface area contributed by atoms with Crippen molar-refractivity contribution in [2.24, 2.45) is 0 Å². The van der Waals surface area contributed by atoms with Gasteiger partial charge >= 0.3 is 5.97 Å². The second-order valence-corrected chi connectivity index (χ2v) is 7.65. The molecule has 0 aliphatic heterocycles. The summed E-state index contributed by atoms with van der Waals surface area (Å²) >= 11 is 3.42. The van der Waals surface area contributed by atoms with E-state index < -0.39 is 5.97 Å². The van der Waals surface area contributed by atoms with Gasteiger partial charge in [0.2, 0.25) is 0 Å². The van der Waals surface area contributed by atoms with Crippen molar-refractivity contribution in [2.75, 3.05) is 7.11 Å². The van der Waals surface area contributed by atoms with Crippen molar-refractivity contribution in [2.45, 2.75) is 6.54 Å². The summed E-state index contributed by atoms with van der Waals surface area (Å²) in [7, 11) is 1.54. The number of carboxylic acid groups (broad SMARTS) is 1. The third-order valence-corrected chi connectivity index (χ3v) is 5.66. The van der Waals surface area contributed by atoms with E-state index in [2.05, 4.69) is 15.9 Å². The molecule has 0 aliphatic rings. The minimum Gasteiger partial charge on any atom is -0.497 e. The van der Waals surface area contributed by atoms with Gasteiger partial charge in [-0.05, 0) is 45.8 Å². The first kappa shape index (κ1) is 19.9. The van der Waals surface area contributed by atoms with E-state index in [0.717, 1.165) is 5.56 Å². The average Bonchev–Trinajstić information content (AvgIpc) is 3.08. The Labute approximate surface area is 181 Å². The van der Waals surface area contributed by atoms with E-state index in [1.807, 2.05) is 42.5 Å². The number of methoxy groups -OCH3 is 1. The number of nitrogens with zero attached hydrogens (tertiary/aromatic N) is 1. The molecule has 150 valence electrons. The van der Waals surface area contributed by atoms with E-state index in [1.165, 1.54) is 0 Å². The lowest BCUT2D eigenvalue weighted by atomic mass is 10.00. The number of hydrogen-bond acceptors (Lipinski definition) is 3. The van der Waals surface area contributed by atoms with Crippen LogP contribution in [-0.2, 0) is 6.54 Å². The van der Waals surface area contributed by atoms with Gasteiger partial charge in [0.15, 0.2) is 5.78 Å². The molecule has 0 saturated carbocycles. The van der Waals surface area contributed by atoms with Crippen LogP contribution in [0.25, 0.3) is 10.9 Å². The van der Waals surface area contributed by atoms with Crippen molar-refractivity contribution in [3.8, 4) is 5.75 Å². The first-order valence-corrected chi connectivity index (χ1v) is 10.1. The van der Waals surface area contributed by atoms with E-state index >= 15 is 0 Å². The lowest BCUT2D eigenvalue weighted by Crippen LogP contribution is -2.14. The predicted molar refractivity (Wildman–Crippen MR) is 119 cm³/mol. The number of ketones is 1. The lowest BCUT2D eigenvalue weighted by molar-refractivity contribution is 0.0682. The molecule has 1 aromatic heterocycles. The maximum absolute atomic E-state index is 13.5. The topological polar surface area (TPSA) is 68.5 Å². The minimum atomic E-state index is -1.14. The van der Waals surface area contributed by atoms with Crippen molar-refractivity contribution in [3.05, 3.63) is 99.7 Å². The number of aromatic carboxylic acids is 1. The number of rotatable bonds is 6. The van der Waals surface area contributed by atoms with E-state index in [-0.39, 0.29) is 17.0 Å². The molecule has 1 N–H and O–H groups in total. The Morgan fingerprint density at radius 1 is 1.00 bits per heavy atom. The highest BCUT2D eigenvalue weighted by molar-refractivity contribution is 9.10. The molecule has 0 amide bonds. The first-order chi connectivity index (χ1) is 14.5. The zero-order valence-corrected chi connectivity index (χ0v) is 17.7. The van der Waals surface area contributed by atoms with Crippen LogP contribution in [0.5, 0.6) is 5.75 Å². The van der Waals surface area contributed by atoms with Crippen LogP contribution in [0.15, 0.2) is 77.3 Å². The van der Waals surface area contributed by atoms with Gasteiger partial charge in [0.25, 0.3) is 0 Å². The van der Waals surface area contributed by atoms with Crippen molar-refractivity contribution in [1.29, 1.82) is 0 Å². The third-order valence-electron chi connectivity index (χ3n) is 5.00. The number of halogens is 1. The molecular weight excluding hydrogens is 446 g/mol. The normalized spacial score (nSPS) is 10.9. The molecule has 0 spiro atoms. The molecule has 5 nitrogen and oxygen atoms in total. The zero-order valence-electron chi connectivity index (χ0n) is 16.1. The van der Waals surface area contributed by atoms with Crippen LogP contribution in [0.1, 0.15) is 32.0 Å². The molecule has 0 fully saturated rings. The Balaban J connectivity index is 1.95. The second-order valence-electron chi connectivity index (χ2n) is 6.79. The lowest BCUT2D eigenvalue weighted by Gasteiger charge is -2.10. The molecule has 3 aromatic carbocycles. The monoisotopic (exact) mass is 463 g/mol. The third kappa shape index (κ3) is 3.50. The Morgan fingerprint density at radius 3 is 2.37 bits per heavy atom. The highest BCUT2D eigenvalue weighted by atomic mass is 79.9. The smallest absolute Gasteiger partial charge is 0.353 e. The molecule has 0 aliphatic carbocycles. The van der Waals surface area contributed by atoms with Crippen LogP contribution in [0, 0.1) is 0 Å². The van der Waals surface area contributed by atoms with Gasteiger partial charge < -0.3 is 14.4 Å². The minimum absolute atomic E-state index is 0.0206. The summed E-state index contributed by atoms with van der Waals surface area (Å²) in [6.07, 6.45) is 0. The van der Waals surface area contributed by atoms with Gasteiger partial charge in [-0.3, -0.25) is 4.79 Å². The van der Waals surface area contributed by atoms with Gasteiger partial charge in [0.05, 0.1) is 12.7 Å². The molecule has 4 aromatic rings. The summed E-state index contributed by atoms with van der Waals surface area (Å²) in [4.78, 5) is 25.8. The predicted octanol–water partition coefficient (Wildman–Crippen LogP) is 5.39. The fourth-order valence-electron chi connectivity index (χ4n) is 3.63. The molecule has 0 atom stereocenters. The number of carbonyl (C=O) groups excluding carboxylic acids is 1. The van der Waals surface area contributed by atoms with Crippen LogP contribution in [0.2, 0.25) is 0 Å². The Bertz CT molecular complexity index is 1260. The summed E-state index contributed by atoms with van der Waals surface area (Å²) in [6.45, 7) is 0.347. The van der Waals surface area contributed by atoms with E-state index in [0.29, 0.717) is 33.2 Å². The highest BCUT2D eigenvalue weighted by Crippen LogP contribution is 2.32. The number of hydrogen-bond donors (Lipinski definition) is 1. The number of para-hydroxylation sites is 1. The quantitative estimate of drug-likeness (QED) is 0.389. The van der Waals surface area contributed by atoms with Gasteiger partial charge in [-0.25, -0.2) is 4.79 Å². The zero-order chi connectivity index (χ0) is 21.3. The van der Waals surface area contributed by atoms with Gasteiger partial charge in [-0.2, -0.15) is 0 Å². The summed E-state index contributed by atoms with van der Waals surface area (Å²) < 4.78 is 7.44. The molecule has 0 unspecified atom stereocenters. The molecule has 0 bridgehead atoms. The Kier molecular flexibility index (Phi) is 5.42. The van der Waals surface area contributed by atoms with Crippen molar-refractivity contribution < 1.29 is 19.4 Å². The number of ether oxygens (including phenoxy) is 1. The van der Waals surface area contributed by atoms with Gasteiger partial charge in [0, 0.05) is 27.5 Å². The van der Waals surface area contributed by atoms with Crippen LogP contribution in [-0.4, -0.2) is 28.5 Å². The number of carbonyl (C=O) groups is 2. The summed E-state index contributed by atoms with van der Waals surface area (Å²) in [5.74, 6) is -0.900. The second kappa shape index (κ2) is 8.16. The fourth-order valence-corrected chi connectivity index (χ4v) is 4.17. The highest BCUT2D eigenvalue weighted by Gasteiger charge is 2.28. The van der Waals surface area contributed by atoms with Crippen LogP contribution >= 0.6 is 15.9 Å². The number of benzene rings is 3. The molecule has 6 heteroatoms. The van der Waals surface area contributed by atoms with Gasteiger partial charge in [-0.1, -0.05) is 48.5 Å². The van der Waals surface area contributed by atoms with Crippen LogP contribution in [0.3, 0.4) is 0 Å². The molecule has 4 rings (SSSR count). The van der Waals surface area contributed by atoms with Crippen molar-refractivity contribution >= 4 is 38.6 Å². The van der Waals surface area contributed by atoms with Crippen molar-refractivity contribution in [1.82, 2.24) is 4.57 Å². The van der Waals surface area contributed by atoms with Crippen molar-refractivity contribution in [3.63, 3.8) is 0 Å². The Hall–Kier alpha value is -3.38. The number of carboxylic acids is 1. The average molecular weight is 464 g/mol. The number of fused-ring (bicyclic) bond motifs is 1. The van der Waals surface area contributed by atoms with E-state index in [4.69, 9.17) is 4.74 Å². The van der Waals surface area contributed by atoms with E-state index in [9.17, 15) is 14.7 Å². The standard InChI is InChI=1S/C24H18BrNO4/c1-30-16-11-12-17(19(25)13-16)23(27)21-18-9-5-6-10-20(18)26(22(21)24(28)29)14-15-7-3-2-4-8-15/h2-13H,14H2,1H3,(H,28,29). The summed E-state index contributed by atoms with van der Waals surface area (Å²) in [6, 6.07) is 21.9. The number of aromatic nitrogens is 1. The first-order valence-electron chi connectivity index (χ1n) is 9.28. The van der Waals surface area contributed by atoms with Crippen LogP contribution in [0.4, 0.5) is 0 Å². The molecule has 0 radical (unpaired) electrons. The summed E-state index contributed by atoms with van der Waals surface area (Å²) in [5.41, 5.74) is 2.19. The van der Waals surface area contributed by atoms with E-state index in [1.54, 1.807) is 42.0 Å². The SMILES string of the molecule is COc1ccc(C(=O)c2c(C(=O)O)n(Cc3ccccc3)c3ccccc23)c(Br)c1. The maximum atomic E-state index is 13.5. The van der Waals surface area contributed by atoms with Crippen LogP contribution < -0.4 is 4.74 Å². The van der Waals surface area contributed by atoms with Gasteiger partial charge in [-0.15, -0.1) is 0 Å². The molecular formula is C24H18BrNO4. The summed E-state index contributed by atoms with van der Waals surface area (Å²) in [5, 5.41) is 10.7. The molecule has 0 saturated heterocycles. The largest absolute Gasteiger partial charge is 0.497 e. The maximum Gasteiger partial charge on any atom is 0.353 e. The Morgan fingerprint density at radius 2 is 1.70 bits per heavy atom. The fraction of sp³-hybridized carbons (Fsp3) is 0.0833. The van der Waals surface area contributed by atoms with Gasteiger partial charge in [0.1, 0.15) is 11.4 Å².